The molecule has 0 spiro atoms. The Balaban J connectivity index is 2.02. The Labute approximate surface area is 122 Å². The zero-order valence-corrected chi connectivity index (χ0v) is 13.5. The average molecular weight is 314 g/mol. The van der Waals surface area contributed by atoms with Gasteiger partial charge in [-0.3, -0.25) is 4.40 Å². The first-order chi connectivity index (χ1) is 9.09. The molecule has 1 aliphatic carbocycles. The number of anilines is 1. The van der Waals surface area contributed by atoms with E-state index in [1.54, 1.807) is 11.6 Å². The lowest BCUT2D eigenvalue weighted by Crippen LogP contribution is -2.31. The van der Waals surface area contributed by atoms with Gasteiger partial charge in [-0.2, -0.15) is 0 Å². The van der Waals surface area contributed by atoms with Gasteiger partial charge in [-0.25, -0.2) is 18.1 Å². The van der Waals surface area contributed by atoms with Crippen molar-refractivity contribution < 1.29 is 8.42 Å². The van der Waals surface area contributed by atoms with Crippen LogP contribution in [0.3, 0.4) is 0 Å². The molecule has 0 unspecified atom stereocenters. The summed E-state index contributed by atoms with van der Waals surface area (Å²) < 4.78 is 29.5. The Morgan fingerprint density at radius 3 is 2.50 bits per heavy atom. The van der Waals surface area contributed by atoms with E-state index in [0.717, 1.165) is 0 Å². The average Bonchev–Trinajstić information content (AvgIpc) is 2.71. The Morgan fingerprint density at radius 1 is 1.35 bits per heavy atom. The molecule has 0 bridgehead atoms. The molecule has 0 aliphatic heterocycles. The maximum atomic E-state index is 12.6. The highest BCUT2D eigenvalue weighted by Gasteiger charge is 2.66. The van der Waals surface area contributed by atoms with E-state index in [-0.39, 0.29) is 27.7 Å². The van der Waals surface area contributed by atoms with Gasteiger partial charge in [0.1, 0.15) is 0 Å². The Bertz CT molecular complexity index is 772. The van der Waals surface area contributed by atoms with E-state index in [1.165, 1.54) is 15.7 Å². The molecule has 0 aromatic carbocycles. The summed E-state index contributed by atoms with van der Waals surface area (Å²) >= 11 is 1.35. The van der Waals surface area contributed by atoms with Gasteiger partial charge in [0.2, 0.25) is 0 Å². The van der Waals surface area contributed by atoms with Crippen LogP contribution in [0.25, 0.3) is 4.96 Å². The zero-order chi connectivity index (χ0) is 14.9. The highest BCUT2D eigenvalue weighted by Crippen LogP contribution is 2.63. The van der Waals surface area contributed by atoms with Gasteiger partial charge in [-0.15, -0.1) is 11.3 Å². The lowest BCUT2D eigenvalue weighted by molar-refractivity contribution is 0.457. The van der Waals surface area contributed by atoms with Crippen molar-refractivity contribution in [2.45, 2.75) is 38.8 Å². The molecule has 0 amide bonds. The van der Waals surface area contributed by atoms with Crippen LogP contribution in [0.5, 0.6) is 0 Å². The lowest BCUT2D eigenvalue weighted by atomic mass is 10.0. The number of imidazole rings is 1. The van der Waals surface area contributed by atoms with Gasteiger partial charge in [0.25, 0.3) is 10.0 Å². The number of hydrogen-bond acceptors (Lipinski definition) is 5. The van der Waals surface area contributed by atoms with Crippen LogP contribution in [0, 0.1) is 10.8 Å². The summed E-state index contributed by atoms with van der Waals surface area (Å²) in [6, 6.07) is -0.108. The largest absolute Gasteiger partial charge is 0.381 e. The highest BCUT2D eigenvalue weighted by atomic mass is 32.2. The number of hydrogen-bond donors (Lipinski definition) is 2. The van der Waals surface area contributed by atoms with Crippen molar-refractivity contribution in [1.29, 1.82) is 0 Å². The maximum Gasteiger partial charge on any atom is 0.260 e. The Hall–Kier alpha value is -1.12. The molecular weight excluding hydrogens is 296 g/mol. The fourth-order valence-electron chi connectivity index (χ4n) is 2.75. The minimum absolute atomic E-state index is 0.0345. The molecule has 2 aromatic rings. The van der Waals surface area contributed by atoms with E-state index in [9.17, 15) is 8.42 Å². The number of nitrogen functional groups attached to an aromatic ring is 1. The minimum Gasteiger partial charge on any atom is -0.381 e. The molecule has 3 N–H and O–H groups in total. The second-order valence-corrected chi connectivity index (χ2v) is 8.86. The third kappa shape index (κ3) is 1.64. The topological polar surface area (TPSA) is 89.5 Å². The third-order valence-corrected chi connectivity index (χ3v) is 7.01. The number of nitrogens with zero attached hydrogens (tertiary/aromatic N) is 2. The molecule has 2 aromatic heterocycles. The number of sulfonamides is 1. The number of fused-ring (bicyclic) bond motifs is 1. The summed E-state index contributed by atoms with van der Waals surface area (Å²) in [7, 11) is -3.69. The predicted octanol–water partition coefficient (Wildman–Crippen LogP) is 1.69. The summed E-state index contributed by atoms with van der Waals surface area (Å²) in [4.78, 5) is 4.66. The van der Waals surface area contributed by atoms with Crippen molar-refractivity contribution in [3.05, 3.63) is 11.6 Å². The van der Waals surface area contributed by atoms with E-state index in [2.05, 4.69) is 37.4 Å². The van der Waals surface area contributed by atoms with E-state index in [4.69, 9.17) is 5.73 Å². The normalized spacial score (nSPS) is 21.4. The van der Waals surface area contributed by atoms with E-state index in [1.807, 2.05) is 0 Å². The zero-order valence-electron chi connectivity index (χ0n) is 11.8. The van der Waals surface area contributed by atoms with Crippen LogP contribution in [-0.4, -0.2) is 23.8 Å². The van der Waals surface area contributed by atoms with Gasteiger partial charge < -0.3 is 5.73 Å². The molecule has 1 saturated carbocycles. The van der Waals surface area contributed by atoms with Gasteiger partial charge in [0.05, 0.1) is 0 Å². The summed E-state index contributed by atoms with van der Waals surface area (Å²) in [6.45, 7) is 8.22. The molecule has 3 rings (SSSR count). The van der Waals surface area contributed by atoms with E-state index < -0.39 is 10.0 Å². The lowest BCUT2D eigenvalue weighted by Gasteiger charge is -2.08. The first-order valence-electron chi connectivity index (χ1n) is 6.32. The third-order valence-electron chi connectivity index (χ3n) is 4.79. The van der Waals surface area contributed by atoms with Crippen molar-refractivity contribution in [1.82, 2.24) is 14.1 Å². The second kappa shape index (κ2) is 3.75. The summed E-state index contributed by atoms with van der Waals surface area (Å²) in [5.74, 6) is 0.0422. The second-order valence-electron chi connectivity index (χ2n) is 6.36. The molecule has 0 radical (unpaired) electrons. The van der Waals surface area contributed by atoms with Crippen LogP contribution < -0.4 is 10.5 Å². The number of nitrogens with two attached hydrogens (primary N) is 1. The maximum absolute atomic E-state index is 12.6. The van der Waals surface area contributed by atoms with Gasteiger partial charge in [0, 0.05) is 17.6 Å². The monoisotopic (exact) mass is 314 g/mol. The number of nitrogens with one attached hydrogen (secondary N) is 1. The van der Waals surface area contributed by atoms with Crippen molar-refractivity contribution in [3.8, 4) is 0 Å². The molecule has 0 saturated heterocycles. The molecular formula is C12H18N4O2S2. The van der Waals surface area contributed by atoms with Gasteiger partial charge in [-0.05, 0) is 10.8 Å². The molecule has 110 valence electrons. The van der Waals surface area contributed by atoms with Crippen molar-refractivity contribution in [3.63, 3.8) is 0 Å². The van der Waals surface area contributed by atoms with Crippen LogP contribution in [0.4, 0.5) is 5.82 Å². The van der Waals surface area contributed by atoms with Gasteiger partial charge >= 0.3 is 0 Å². The molecule has 8 heteroatoms. The van der Waals surface area contributed by atoms with Crippen molar-refractivity contribution >= 4 is 32.1 Å². The minimum atomic E-state index is -3.69. The molecule has 1 fully saturated rings. The fourth-order valence-corrected chi connectivity index (χ4v) is 5.27. The molecule has 1 aliphatic rings. The summed E-state index contributed by atoms with van der Waals surface area (Å²) in [5.41, 5.74) is 5.62. The smallest absolute Gasteiger partial charge is 0.260 e. The van der Waals surface area contributed by atoms with Gasteiger partial charge in [-0.1, -0.05) is 27.7 Å². The van der Waals surface area contributed by atoms with Crippen LogP contribution in [0.2, 0.25) is 0 Å². The first-order valence-corrected chi connectivity index (χ1v) is 8.68. The predicted molar refractivity (Wildman–Crippen MR) is 79.2 cm³/mol. The van der Waals surface area contributed by atoms with Crippen molar-refractivity contribution in [2.75, 3.05) is 5.73 Å². The van der Waals surface area contributed by atoms with Crippen LogP contribution in [0.15, 0.2) is 16.6 Å². The summed E-state index contributed by atoms with van der Waals surface area (Å²) in [5, 5.41) is 1.82. The molecule has 20 heavy (non-hydrogen) atoms. The fraction of sp³-hybridized carbons (Fsp3) is 0.583. The van der Waals surface area contributed by atoms with Crippen LogP contribution in [-0.2, 0) is 10.0 Å². The van der Waals surface area contributed by atoms with E-state index in [0.29, 0.717) is 4.96 Å². The molecule has 0 atom stereocenters. The highest BCUT2D eigenvalue weighted by molar-refractivity contribution is 7.89. The van der Waals surface area contributed by atoms with Gasteiger partial charge in [0.15, 0.2) is 15.8 Å². The summed E-state index contributed by atoms with van der Waals surface area (Å²) in [6.07, 6.45) is 1.67. The number of rotatable bonds is 3. The standard InChI is InChI=1S/C12H18N4O2S2/c1-11(2)9(12(11,3)4)15-20(17,18)8-7(13)14-10-16(8)5-6-19-10/h5-6,9,15H,13H2,1-4H3. The Morgan fingerprint density at radius 2 is 1.95 bits per heavy atom. The van der Waals surface area contributed by atoms with Crippen LogP contribution >= 0.6 is 11.3 Å². The molecule has 6 nitrogen and oxygen atoms in total. The molecule has 2 heterocycles. The number of thiazole rings is 1. The Kier molecular flexibility index (Phi) is 2.59. The number of aromatic nitrogens is 2. The van der Waals surface area contributed by atoms with Crippen LogP contribution in [0.1, 0.15) is 27.7 Å². The quantitative estimate of drug-likeness (QED) is 0.902. The first kappa shape index (κ1) is 13.8. The van der Waals surface area contributed by atoms with Crippen molar-refractivity contribution in [2.24, 2.45) is 10.8 Å². The van der Waals surface area contributed by atoms with E-state index >= 15 is 0 Å². The SMILES string of the molecule is CC1(C)C(NS(=O)(=O)c2c(N)nc3sccn23)C1(C)C.